The van der Waals surface area contributed by atoms with E-state index in [0.717, 1.165) is 4.88 Å². The van der Waals surface area contributed by atoms with Crippen LogP contribution in [0.5, 0.6) is 5.88 Å². The van der Waals surface area contributed by atoms with Crippen molar-refractivity contribution in [2.45, 2.75) is 13.5 Å². The van der Waals surface area contributed by atoms with Crippen molar-refractivity contribution in [2.75, 3.05) is 11.9 Å². The summed E-state index contributed by atoms with van der Waals surface area (Å²) in [5.41, 5.74) is 0. The van der Waals surface area contributed by atoms with Gasteiger partial charge in [0, 0.05) is 12.3 Å². The molecule has 8 heteroatoms. The van der Waals surface area contributed by atoms with Crippen molar-refractivity contribution in [3.05, 3.63) is 35.6 Å². The Morgan fingerprint density at radius 2 is 2.29 bits per heavy atom. The zero-order valence-corrected chi connectivity index (χ0v) is 12.1. The summed E-state index contributed by atoms with van der Waals surface area (Å²) < 4.78 is 10.5. The molecule has 3 rings (SSSR count). The Morgan fingerprint density at radius 3 is 3.10 bits per heavy atom. The monoisotopic (exact) mass is 303 g/mol. The Bertz CT molecular complexity index is 698. The number of aromatic nitrogens is 4. The third-order valence-electron chi connectivity index (χ3n) is 2.53. The van der Waals surface area contributed by atoms with E-state index in [-0.39, 0.29) is 0 Å². The summed E-state index contributed by atoms with van der Waals surface area (Å²) in [6, 6.07) is 5.58. The van der Waals surface area contributed by atoms with Crippen molar-refractivity contribution < 1.29 is 9.26 Å². The van der Waals surface area contributed by atoms with E-state index >= 15 is 0 Å². The quantitative estimate of drug-likeness (QED) is 0.749. The average molecular weight is 303 g/mol. The van der Waals surface area contributed by atoms with Gasteiger partial charge in [-0.05, 0) is 18.4 Å². The number of rotatable bonds is 6. The van der Waals surface area contributed by atoms with E-state index in [4.69, 9.17) is 9.26 Å². The lowest BCUT2D eigenvalue weighted by Gasteiger charge is -2.04. The number of hydrogen-bond donors (Lipinski definition) is 1. The van der Waals surface area contributed by atoms with Crippen LogP contribution in [-0.2, 0) is 6.54 Å². The Hall–Kier alpha value is -2.48. The molecule has 7 nitrogen and oxygen atoms in total. The van der Waals surface area contributed by atoms with Crippen LogP contribution in [-0.4, -0.2) is 26.7 Å². The molecule has 0 fully saturated rings. The molecule has 0 amide bonds. The van der Waals surface area contributed by atoms with Gasteiger partial charge in [-0.1, -0.05) is 11.2 Å². The van der Waals surface area contributed by atoms with E-state index in [0.29, 0.717) is 36.7 Å². The van der Waals surface area contributed by atoms with Crippen LogP contribution in [0, 0.1) is 0 Å². The fourth-order valence-electron chi connectivity index (χ4n) is 1.64. The van der Waals surface area contributed by atoms with Crippen molar-refractivity contribution >= 4 is 17.3 Å². The highest BCUT2D eigenvalue weighted by Crippen LogP contribution is 2.22. The molecule has 0 saturated heterocycles. The van der Waals surface area contributed by atoms with Crippen LogP contribution in [0.25, 0.3) is 10.8 Å². The smallest absolute Gasteiger partial charge is 0.268 e. The van der Waals surface area contributed by atoms with Gasteiger partial charge in [0.1, 0.15) is 0 Å². The number of nitrogens with one attached hydrogen (secondary N) is 1. The second-order valence-electron chi connectivity index (χ2n) is 4.00. The molecule has 3 aromatic heterocycles. The van der Waals surface area contributed by atoms with Gasteiger partial charge in [-0.15, -0.1) is 11.3 Å². The molecule has 0 spiro atoms. The third-order valence-corrected chi connectivity index (χ3v) is 3.38. The Kier molecular flexibility index (Phi) is 4.06. The van der Waals surface area contributed by atoms with Crippen LogP contribution in [0.3, 0.4) is 0 Å². The first-order chi connectivity index (χ1) is 10.3. The summed E-state index contributed by atoms with van der Waals surface area (Å²) in [5.74, 6) is 2.06. The molecule has 3 heterocycles. The Labute approximate surface area is 125 Å². The second kappa shape index (κ2) is 6.31. The van der Waals surface area contributed by atoms with E-state index in [2.05, 4.69) is 25.4 Å². The molecular formula is C13H13N5O2S. The van der Waals surface area contributed by atoms with Gasteiger partial charge in [0.2, 0.25) is 11.8 Å². The predicted molar refractivity (Wildman–Crippen MR) is 78.1 cm³/mol. The lowest BCUT2D eigenvalue weighted by atomic mass is 10.5. The van der Waals surface area contributed by atoms with Crippen molar-refractivity contribution in [1.82, 2.24) is 20.1 Å². The van der Waals surface area contributed by atoms with Crippen molar-refractivity contribution in [3.8, 4) is 16.6 Å². The molecule has 3 aromatic rings. The minimum atomic E-state index is 0.379. The molecule has 0 saturated carbocycles. The van der Waals surface area contributed by atoms with Gasteiger partial charge in [-0.3, -0.25) is 0 Å². The van der Waals surface area contributed by atoms with Crippen LogP contribution in [0.2, 0.25) is 0 Å². The first kappa shape index (κ1) is 13.5. The highest BCUT2D eigenvalue weighted by molar-refractivity contribution is 7.13. The second-order valence-corrected chi connectivity index (χ2v) is 4.95. The maximum atomic E-state index is 5.31. The van der Waals surface area contributed by atoms with Crippen LogP contribution >= 0.6 is 11.3 Å². The molecule has 0 aliphatic heterocycles. The molecule has 0 aliphatic carbocycles. The molecule has 0 radical (unpaired) electrons. The number of hydrogen-bond acceptors (Lipinski definition) is 8. The van der Waals surface area contributed by atoms with Crippen LogP contribution in [0.4, 0.5) is 5.95 Å². The first-order valence-corrected chi connectivity index (χ1v) is 7.29. The standard InChI is InChI=1S/C13H13N5O2S/c1-2-19-11-5-6-14-13(17-11)15-8-10-16-12(20-18-10)9-4-3-7-21-9/h3-7H,2,8H2,1H3,(H,14,15,17). The van der Waals surface area contributed by atoms with E-state index in [1.165, 1.54) is 0 Å². The molecular weight excluding hydrogens is 290 g/mol. The fraction of sp³-hybridized carbons (Fsp3) is 0.231. The number of nitrogens with zero attached hydrogens (tertiary/aromatic N) is 4. The van der Waals surface area contributed by atoms with Crippen molar-refractivity contribution in [1.29, 1.82) is 0 Å². The Morgan fingerprint density at radius 1 is 1.33 bits per heavy atom. The minimum absolute atomic E-state index is 0.379. The molecule has 0 atom stereocenters. The maximum Gasteiger partial charge on any atom is 0.268 e. The molecule has 1 N–H and O–H groups in total. The number of thiophene rings is 1. The average Bonchev–Trinajstić information content (AvgIpc) is 3.17. The van der Waals surface area contributed by atoms with E-state index in [9.17, 15) is 0 Å². The molecule has 0 bridgehead atoms. The SMILES string of the molecule is CCOc1ccnc(NCc2noc(-c3cccs3)n2)n1. The minimum Gasteiger partial charge on any atom is -0.478 e. The molecule has 108 valence electrons. The third kappa shape index (κ3) is 3.34. The largest absolute Gasteiger partial charge is 0.478 e. The summed E-state index contributed by atoms with van der Waals surface area (Å²) in [7, 11) is 0. The summed E-state index contributed by atoms with van der Waals surface area (Å²) in [6.07, 6.45) is 1.63. The lowest BCUT2D eigenvalue weighted by molar-refractivity contribution is 0.326. The number of ether oxygens (including phenoxy) is 1. The number of anilines is 1. The van der Waals surface area contributed by atoms with E-state index < -0.39 is 0 Å². The van der Waals surface area contributed by atoms with Gasteiger partial charge in [0.15, 0.2) is 5.82 Å². The normalized spacial score (nSPS) is 10.5. The topological polar surface area (TPSA) is 86.0 Å². The lowest BCUT2D eigenvalue weighted by Crippen LogP contribution is -2.06. The van der Waals surface area contributed by atoms with Gasteiger partial charge in [0.25, 0.3) is 5.89 Å². The van der Waals surface area contributed by atoms with Crippen molar-refractivity contribution in [2.24, 2.45) is 0 Å². The molecule has 21 heavy (non-hydrogen) atoms. The van der Waals surface area contributed by atoms with Gasteiger partial charge >= 0.3 is 0 Å². The van der Waals surface area contributed by atoms with E-state index in [1.54, 1.807) is 23.6 Å². The predicted octanol–water partition coefficient (Wildman–Crippen LogP) is 2.60. The highest BCUT2D eigenvalue weighted by Gasteiger charge is 2.09. The molecule has 0 aliphatic rings. The van der Waals surface area contributed by atoms with Crippen molar-refractivity contribution in [3.63, 3.8) is 0 Å². The zero-order chi connectivity index (χ0) is 14.5. The first-order valence-electron chi connectivity index (χ1n) is 6.41. The summed E-state index contributed by atoms with van der Waals surface area (Å²) in [6.45, 7) is 2.84. The van der Waals surface area contributed by atoms with Crippen LogP contribution in [0.1, 0.15) is 12.7 Å². The zero-order valence-electron chi connectivity index (χ0n) is 11.3. The Balaban J connectivity index is 1.64. The van der Waals surface area contributed by atoms with Gasteiger partial charge in [-0.25, -0.2) is 4.98 Å². The van der Waals surface area contributed by atoms with E-state index in [1.807, 2.05) is 24.4 Å². The summed E-state index contributed by atoms with van der Waals surface area (Å²) in [5, 5.41) is 8.91. The van der Waals surface area contributed by atoms with Gasteiger partial charge in [0.05, 0.1) is 18.0 Å². The van der Waals surface area contributed by atoms with Gasteiger partial charge < -0.3 is 14.6 Å². The molecule has 0 unspecified atom stereocenters. The van der Waals surface area contributed by atoms with Crippen LogP contribution < -0.4 is 10.1 Å². The molecule has 0 aromatic carbocycles. The summed E-state index contributed by atoms with van der Waals surface area (Å²) in [4.78, 5) is 13.6. The fourth-order valence-corrected chi connectivity index (χ4v) is 2.28. The summed E-state index contributed by atoms with van der Waals surface area (Å²) >= 11 is 1.55. The van der Waals surface area contributed by atoms with Crippen LogP contribution in [0.15, 0.2) is 34.3 Å². The van der Waals surface area contributed by atoms with Gasteiger partial charge in [-0.2, -0.15) is 9.97 Å². The highest BCUT2D eigenvalue weighted by atomic mass is 32.1. The maximum absolute atomic E-state index is 5.31.